The van der Waals surface area contributed by atoms with Crippen LogP contribution in [0.1, 0.15) is 44.7 Å². The van der Waals surface area contributed by atoms with E-state index in [2.05, 4.69) is 4.98 Å². The molecule has 6 nitrogen and oxygen atoms in total. The van der Waals surface area contributed by atoms with Crippen molar-refractivity contribution in [2.45, 2.75) is 46.3 Å². The van der Waals surface area contributed by atoms with Crippen LogP contribution in [0.15, 0.2) is 24.3 Å². The number of carbonyl (C=O) groups is 2. The number of ether oxygens (including phenoxy) is 1. The summed E-state index contributed by atoms with van der Waals surface area (Å²) in [6, 6.07) is 7.77. The van der Waals surface area contributed by atoms with E-state index < -0.39 is 5.60 Å². The molecule has 0 N–H and O–H groups in total. The van der Waals surface area contributed by atoms with Crippen molar-refractivity contribution in [2.24, 2.45) is 5.92 Å². The molecule has 0 saturated carbocycles. The van der Waals surface area contributed by atoms with Gasteiger partial charge in [-0.25, -0.2) is 9.78 Å². The van der Waals surface area contributed by atoms with Crippen LogP contribution in [0.2, 0.25) is 0 Å². The molecule has 1 aromatic heterocycles. The van der Waals surface area contributed by atoms with Gasteiger partial charge in [0.2, 0.25) is 0 Å². The number of hydrogen-bond donors (Lipinski definition) is 0. The largest absolute Gasteiger partial charge is 0.444 e. The number of Topliss-reactive ketones (excluding diaryl/α,β-unsaturated/α-hetero) is 1. The van der Waals surface area contributed by atoms with E-state index in [9.17, 15) is 9.59 Å². The molecule has 6 heteroatoms. The minimum Gasteiger partial charge on any atom is -0.444 e. The zero-order valence-electron chi connectivity index (χ0n) is 15.3. The SMILES string of the molecule is CC(=O)c1nc2ccccc2n1CC1CCN(C(=O)OC(C)(C)C)C1. The van der Waals surface area contributed by atoms with Crippen molar-refractivity contribution in [1.82, 2.24) is 14.5 Å². The Balaban J connectivity index is 1.76. The topological polar surface area (TPSA) is 64.4 Å². The Morgan fingerprint density at radius 3 is 2.68 bits per heavy atom. The molecule has 25 heavy (non-hydrogen) atoms. The quantitative estimate of drug-likeness (QED) is 0.800. The third-order valence-corrected chi connectivity index (χ3v) is 4.35. The third-order valence-electron chi connectivity index (χ3n) is 4.35. The number of aromatic nitrogens is 2. The van der Waals surface area contributed by atoms with Crippen LogP contribution < -0.4 is 0 Å². The van der Waals surface area contributed by atoms with Crippen molar-refractivity contribution in [3.05, 3.63) is 30.1 Å². The lowest BCUT2D eigenvalue weighted by atomic mass is 10.1. The van der Waals surface area contributed by atoms with Gasteiger partial charge in [0.1, 0.15) is 5.60 Å². The third kappa shape index (κ3) is 3.83. The summed E-state index contributed by atoms with van der Waals surface area (Å²) in [6.07, 6.45) is 0.626. The van der Waals surface area contributed by atoms with Crippen LogP contribution in [0.5, 0.6) is 0 Å². The molecule has 1 unspecified atom stereocenters. The van der Waals surface area contributed by atoms with Gasteiger partial charge < -0.3 is 14.2 Å². The van der Waals surface area contributed by atoms with Crippen molar-refractivity contribution in [3.63, 3.8) is 0 Å². The van der Waals surface area contributed by atoms with Crippen LogP contribution in [0, 0.1) is 5.92 Å². The Kier molecular flexibility index (Phi) is 4.54. The average molecular weight is 343 g/mol. The number of fused-ring (bicyclic) bond motifs is 1. The Bertz CT molecular complexity index is 804. The highest BCUT2D eigenvalue weighted by Gasteiger charge is 2.30. The zero-order chi connectivity index (χ0) is 18.2. The van der Waals surface area contributed by atoms with Crippen molar-refractivity contribution >= 4 is 22.9 Å². The molecule has 1 atom stereocenters. The van der Waals surface area contributed by atoms with Gasteiger partial charge in [0.25, 0.3) is 0 Å². The van der Waals surface area contributed by atoms with Gasteiger partial charge in [-0.1, -0.05) is 12.1 Å². The van der Waals surface area contributed by atoms with E-state index in [0.29, 0.717) is 25.5 Å². The van der Waals surface area contributed by atoms with Gasteiger partial charge in [-0.05, 0) is 45.2 Å². The Morgan fingerprint density at radius 2 is 2.00 bits per heavy atom. The maximum Gasteiger partial charge on any atom is 0.410 e. The molecule has 0 bridgehead atoms. The fourth-order valence-electron chi connectivity index (χ4n) is 3.26. The second kappa shape index (κ2) is 6.50. The fourth-order valence-corrected chi connectivity index (χ4v) is 3.26. The molecule has 1 aliphatic heterocycles. The van der Waals surface area contributed by atoms with E-state index in [1.165, 1.54) is 0 Å². The number of imidazole rings is 1. The molecule has 1 saturated heterocycles. The van der Waals surface area contributed by atoms with E-state index >= 15 is 0 Å². The number of benzene rings is 1. The molecule has 2 heterocycles. The maximum atomic E-state index is 12.2. The summed E-state index contributed by atoms with van der Waals surface area (Å²) in [7, 11) is 0. The molecule has 1 amide bonds. The van der Waals surface area contributed by atoms with Crippen molar-refractivity contribution < 1.29 is 14.3 Å². The number of para-hydroxylation sites is 2. The first-order chi connectivity index (χ1) is 11.7. The lowest BCUT2D eigenvalue weighted by molar-refractivity contribution is 0.0287. The van der Waals surface area contributed by atoms with Gasteiger partial charge in [-0.15, -0.1) is 0 Å². The van der Waals surface area contributed by atoms with Crippen LogP contribution in [0.3, 0.4) is 0 Å². The zero-order valence-corrected chi connectivity index (χ0v) is 15.3. The normalized spacial score (nSPS) is 17.9. The Hall–Kier alpha value is -2.37. The minimum absolute atomic E-state index is 0.0433. The number of hydrogen-bond acceptors (Lipinski definition) is 4. The van der Waals surface area contributed by atoms with Gasteiger partial charge in [0, 0.05) is 26.6 Å². The average Bonchev–Trinajstić information content (AvgIpc) is 3.11. The molecular formula is C19H25N3O3. The first-order valence-electron chi connectivity index (χ1n) is 8.69. The summed E-state index contributed by atoms with van der Waals surface area (Å²) < 4.78 is 7.44. The summed E-state index contributed by atoms with van der Waals surface area (Å²) in [5, 5.41) is 0. The predicted molar refractivity (Wildman–Crippen MR) is 95.7 cm³/mol. The fraction of sp³-hybridized carbons (Fsp3) is 0.526. The van der Waals surface area contributed by atoms with Crippen LogP contribution >= 0.6 is 0 Å². The minimum atomic E-state index is -0.489. The van der Waals surface area contributed by atoms with E-state index in [1.807, 2.05) is 49.6 Å². The van der Waals surface area contributed by atoms with E-state index in [1.54, 1.807) is 11.8 Å². The lowest BCUT2D eigenvalue weighted by Gasteiger charge is -2.24. The van der Waals surface area contributed by atoms with Gasteiger partial charge in [0.15, 0.2) is 11.6 Å². The van der Waals surface area contributed by atoms with Crippen LogP contribution in [-0.2, 0) is 11.3 Å². The standard InChI is InChI=1S/C19H25N3O3/c1-13(23)17-20-15-7-5-6-8-16(15)22(17)12-14-9-10-21(11-14)18(24)25-19(2,3)4/h5-8,14H,9-12H2,1-4H3. The summed E-state index contributed by atoms with van der Waals surface area (Å²) in [5.41, 5.74) is 1.30. The molecule has 0 radical (unpaired) electrons. The summed E-state index contributed by atoms with van der Waals surface area (Å²) in [5.74, 6) is 0.721. The molecule has 3 rings (SSSR count). The lowest BCUT2D eigenvalue weighted by Crippen LogP contribution is -2.35. The van der Waals surface area contributed by atoms with Gasteiger partial charge in [-0.3, -0.25) is 4.79 Å². The highest BCUT2D eigenvalue weighted by atomic mass is 16.6. The molecule has 134 valence electrons. The van der Waals surface area contributed by atoms with Crippen LogP contribution in [0.25, 0.3) is 11.0 Å². The number of carbonyl (C=O) groups excluding carboxylic acids is 2. The molecule has 2 aromatic rings. The monoisotopic (exact) mass is 343 g/mol. The van der Waals surface area contributed by atoms with E-state index in [4.69, 9.17) is 4.74 Å². The second-order valence-electron chi connectivity index (χ2n) is 7.67. The first kappa shape index (κ1) is 17.5. The van der Waals surface area contributed by atoms with Gasteiger partial charge in [-0.2, -0.15) is 0 Å². The summed E-state index contributed by atoms with van der Waals surface area (Å²) in [6.45, 7) is 9.15. The Labute approximate surface area is 147 Å². The molecule has 0 aliphatic carbocycles. The summed E-state index contributed by atoms with van der Waals surface area (Å²) >= 11 is 0. The molecule has 1 aromatic carbocycles. The maximum absolute atomic E-state index is 12.2. The smallest absolute Gasteiger partial charge is 0.410 e. The van der Waals surface area contributed by atoms with Crippen molar-refractivity contribution in [1.29, 1.82) is 0 Å². The number of nitrogens with zero attached hydrogens (tertiary/aromatic N) is 3. The van der Waals surface area contributed by atoms with Crippen molar-refractivity contribution in [3.8, 4) is 0 Å². The first-order valence-corrected chi connectivity index (χ1v) is 8.69. The molecule has 1 fully saturated rings. The number of amides is 1. The highest BCUT2D eigenvalue weighted by molar-refractivity contribution is 5.94. The van der Waals surface area contributed by atoms with Crippen LogP contribution in [-0.4, -0.2) is 45.0 Å². The highest BCUT2D eigenvalue weighted by Crippen LogP contribution is 2.24. The van der Waals surface area contributed by atoms with E-state index in [-0.39, 0.29) is 17.8 Å². The Morgan fingerprint density at radius 1 is 1.28 bits per heavy atom. The predicted octanol–water partition coefficient (Wildman–Crippen LogP) is 3.50. The summed E-state index contributed by atoms with van der Waals surface area (Å²) in [4.78, 5) is 30.4. The van der Waals surface area contributed by atoms with Gasteiger partial charge in [0.05, 0.1) is 11.0 Å². The number of ketones is 1. The second-order valence-corrected chi connectivity index (χ2v) is 7.67. The van der Waals surface area contributed by atoms with E-state index in [0.717, 1.165) is 17.5 Å². The number of rotatable bonds is 3. The van der Waals surface area contributed by atoms with Crippen LogP contribution in [0.4, 0.5) is 4.79 Å². The molecule has 1 aliphatic rings. The number of likely N-dealkylation sites (tertiary alicyclic amines) is 1. The molecule has 0 spiro atoms. The molecular weight excluding hydrogens is 318 g/mol. The van der Waals surface area contributed by atoms with Crippen molar-refractivity contribution in [2.75, 3.05) is 13.1 Å². The van der Waals surface area contributed by atoms with Gasteiger partial charge >= 0.3 is 6.09 Å².